The van der Waals surface area contributed by atoms with Crippen LogP contribution in [0.4, 0.5) is 5.69 Å². The molecule has 0 bridgehead atoms. The lowest BCUT2D eigenvalue weighted by atomic mass is 9.98. The Morgan fingerprint density at radius 3 is 2.39 bits per heavy atom. The second-order valence-corrected chi connectivity index (χ2v) is 6.51. The molecule has 1 aromatic heterocycles. The van der Waals surface area contributed by atoms with E-state index in [4.69, 9.17) is 4.74 Å². The quantitative estimate of drug-likeness (QED) is 0.464. The third kappa shape index (κ3) is 3.47. The van der Waals surface area contributed by atoms with E-state index in [1.165, 1.54) is 0 Å². The van der Waals surface area contributed by atoms with Crippen molar-refractivity contribution in [3.8, 4) is 5.75 Å². The van der Waals surface area contributed by atoms with E-state index in [9.17, 15) is 0 Å². The van der Waals surface area contributed by atoms with Crippen LogP contribution in [0.15, 0.2) is 91.5 Å². The molecule has 5 nitrogen and oxygen atoms in total. The van der Waals surface area contributed by atoms with Gasteiger partial charge in [0.2, 0.25) is 0 Å². The molecule has 1 heterocycles. The fourth-order valence-corrected chi connectivity index (χ4v) is 3.38. The van der Waals surface area contributed by atoms with Crippen molar-refractivity contribution in [1.82, 2.24) is 15.0 Å². The Morgan fingerprint density at radius 2 is 1.68 bits per heavy atom. The number of nitrogens with one attached hydrogen (secondary N) is 1. The molecular formula is C23H22N4O. The third-order valence-electron chi connectivity index (χ3n) is 4.81. The zero-order valence-electron chi connectivity index (χ0n) is 15.7. The minimum atomic E-state index is -0.138. The van der Waals surface area contributed by atoms with Gasteiger partial charge < -0.3 is 10.1 Å². The number of hydrogen-bond donors (Lipinski definition) is 1. The molecule has 2 atom stereocenters. The molecule has 0 fully saturated rings. The average molecular weight is 370 g/mol. The van der Waals surface area contributed by atoms with E-state index in [0.717, 1.165) is 28.0 Å². The summed E-state index contributed by atoms with van der Waals surface area (Å²) in [5, 5.41) is 12.4. The van der Waals surface area contributed by atoms with Gasteiger partial charge in [0.05, 0.1) is 24.7 Å². The van der Waals surface area contributed by atoms with Gasteiger partial charge in [0.25, 0.3) is 0 Å². The first-order chi connectivity index (χ1) is 13.8. The van der Waals surface area contributed by atoms with Crippen molar-refractivity contribution in [3.63, 3.8) is 0 Å². The largest absolute Gasteiger partial charge is 0.497 e. The van der Waals surface area contributed by atoms with Crippen LogP contribution < -0.4 is 10.1 Å². The van der Waals surface area contributed by atoms with E-state index in [0.29, 0.717) is 0 Å². The number of fused-ring (bicyclic) bond motifs is 1. The molecule has 0 spiro atoms. The monoisotopic (exact) mass is 370 g/mol. The SMILES string of the molecule is C=CC(C(Nc1ccccc1)c1ccc(OC)cc1)n1nnc2ccccc21. The molecule has 0 aliphatic carbocycles. The summed E-state index contributed by atoms with van der Waals surface area (Å²) < 4.78 is 7.24. The number of aromatic nitrogens is 3. The summed E-state index contributed by atoms with van der Waals surface area (Å²) in [6, 6.07) is 25.9. The second-order valence-electron chi connectivity index (χ2n) is 6.51. The van der Waals surface area contributed by atoms with Gasteiger partial charge in [0.1, 0.15) is 11.3 Å². The minimum absolute atomic E-state index is 0.0871. The molecule has 0 aliphatic rings. The molecule has 0 aliphatic heterocycles. The zero-order chi connectivity index (χ0) is 19.3. The average Bonchev–Trinajstić information content (AvgIpc) is 3.18. The summed E-state index contributed by atoms with van der Waals surface area (Å²) >= 11 is 0. The normalized spacial score (nSPS) is 13.0. The molecule has 140 valence electrons. The van der Waals surface area contributed by atoms with Crippen LogP contribution in [0, 0.1) is 0 Å². The van der Waals surface area contributed by atoms with Gasteiger partial charge in [0, 0.05) is 5.69 Å². The van der Waals surface area contributed by atoms with Crippen LogP contribution in [0.25, 0.3) is 11.0 Å². The molecule has 4 aromatic rings. The van der Waals surface area contributed by atoms with Crippen molar-refractivity contribution in [3.05, 3.63) is 97.1 Å². The molecule has 4 rings (SSSR count). The van der Waals surface area contributed by atoms with Crippen LogP contribution in [0.3, 0.4) is 0 Å². The van der Waals surface area contributed by atoms with Crippen molar-refractivity contribution in [2.45, 2.75) is 12.1 Å². The first kappa shape index (κ1) is 17.8. The Hall–Kier alpha value is -3.60. The second kappa shape index (κ2) is 7.96. The molecule has 0 saturated heterocycles. The summed E-state index contributed by atoms with van der Waals surface area (Å²) in [6.45, 7) is 4.09. The Bertz CT molecular complexity index is 1060. The number of anilines is 1. The lowest BCUT2D eigenvalue weighted by Crippen LogP contribution is -2.24. The van der Waals surface area contributed by atoms with E-state index in [1.54, 1.807) is 7.11 Å². The smallest absolute Gasteiger partial charge is 0.118 e. The van der Waals surface area contributed by atoms with Gasteiger partial charge in [-0.05, 0) is 42.0 Å². The van der Waals surface area contributed by atoms with Crippen molar-refractivity contribution in [1.29, 1.82) is 0 Å². The summed E-state index contributed by atoms with van der Waals surface area (Å²) in [5.41, 5.74) is 3.97. The molecule has 0 amide bonds. The molecular weight excluding hydrogens is 348 g/mol. The highest BCUT2D eigenvalue weighted by Gasteiger charge is 2.25. The maximum Gasteiger partial charge on any atom is 0.118 e. The number of methoxy groups -OCH3 is 1. The molecule has 5 heteroatoms. The lowest BCUT2D eigenvalue weighted by molar-refractivity contribution is 0.414. The Balaban J connectivity index is 1.78. The van der Waals surface area contributed by atoms with Crippen LogP contribution in [0.5, 0.6) is 5.75 Å². The van der Waals surface area contributed by atoms with Crippen molar-refractivity contribution in [2.75, 3.05) is 12.4 Å². The molecule has 2 unspecified atom stereocenters. The summed E-state index contributed by atoms with van der Waals surface area (Å²) in [4.78, 5) is 0. The maximum absolute atomic E-state index is 5.32. The van der Waals surface area contributed by atoms with E-state index < -0.39 is 0 Å². The lowest BCUT2D eigenvalue weighted by Gasteiger charge is -2.28. The standard InChI is InChI=1S/C23H22N4O/c1-3-21(27-22-12-8-7-11-20(22)25-26-27)23(24-18-9-5-4-6-10-18)17-13-15-19(28-2)16-14-17/h3-16,21,23-24H,1H2,2H3. The maximum atomic E-state index is 5.32. The number of ether oxygens (including phenoxy) is 1. The van der Waals surface area contributed by atoms with Gasteiger partial charge in [-0.1, -0.05) is 53.8 Å². The Morgan fingerprint density at radius 1 is 0.964 bits per heavy atom. The van der Waals surface area contributed by atoms with Crippen LogP contribution >= 0.6 is 0 Å². The van der Waals surface area contributed by atoms with Crippen molar-refractivity contribution in [2.24, 2.45) is 0 Å². The van der Waals surface area contributed by atoms with Crippen LogP contribution in [-0.4, -0.2) is 22.1 Å². The molecule has 28 heavy (non-hydrogen) atoms. The molecule has 3 aromatic carbocycles. The van der Waals surface area contributed by atoms with Crippen LogP contribution in [0.1, 0.15) is 17.6 Å². The minimum Gasteiger partial charge on any atom is -0.497 e. The predicted molar refractivity (Wildman–Crippen MR) is 113 cm³/mol. The highest BCUT2D eigenvalue weighted by molar-refractivity contribution is 5.74. The van der Waals surface area contributed by atoms with Crippen LogP contribution in [-0.2, 0) is 0 Å². The summed E-state index contributed by atoms with van der Waals surface area (Å²) in [7, 11) is 1.67. The molecule has 1 N–H and O–H groups in total. The number of para-hydroxylation sites is 2. The van der Waals surface area contributed by atoms with Gasteiger partial charge in [-0.15, -0.1) is 11.7 Å². The Kier molecular flexibility index (Phi) is 5.06. The van der Waals surface area contributed by atoms with E-state index in [-0.39, 0.29) is 12.1 Å². The highest BCUT2D eigenvalue weighted by Crippen LogP contribution is 2.33. The van der Waals surface area contributed by atoms with Crippen molar-refractivity contribution < 1.29 is 4.74 Å². The summed E-state index contributed by atoms with van der Waals surface area (Å²) in [6.07, 6.45) is 1.91. The van der Waals surface area contributed by atoms with Gasteiger partial charge >= 0.3 is 0 Å². The van der Waals surface area contributed by atoms with Gasteiger partial charge in [-0.2, -0.15) is 0 Å². The van der Waals surface area contributed by atoms with Gasteiger partial charge in [0.15, 0.2) is 0 Å². The van der Waals surface area contributed by atoms with Crippen LogP contribution in [0.2, 0.25) is 0 Å². The summed E-state index contributed by atoms with van der Waals surface area (Å²) in [5.74, 6) is 0.823. The first-order valence-corrected chi connectivity index (χ1v) is 9.18. The number of rotatable bonds is 7. The first-order valence-electron chi connectivity index (χ1n) is 9.18. The van der Waals surface area contributed by atoms with E-state index in [1.807, 2.05) is 65.4 Å². The fourth-order valence-electron chi connectivity index (χ4n) is 3.38. The number of benzene rings is 3. The third-order valence-corrected chi connectivity index (χ3v) is 4.81. The fraction of sp³-hybridized carbons (Fsp3) is 0.130. The molecule has 0 saturated carbocycles. The van der Waals surface area contributed by atoms with Gasteiger partial charge in [-0.3, -0.25) is 0 Å². The van der Waals surface area contributed by atoms with E-state index in [2.05, 4.69) is 46.5 Å². The molecule has 0 radical (unpaired) electrons. The highest BCUT2D eigenvalue weighted by atomic mass is 16.5. The van der Waals surface area contributed by atoms with E-state index >= 15 is 0 Å². The number of nitrogens with zero attached hydrogens (tertiary/aromatic N) is 3. The Labute approximate surface area is 164 Å². The number of hydrogen-bond acceptors (Lipinski definition) is 4. The van der Waals surface area contributed by atoms with Crippen molar-refractivity contribution >= 4 is 16.7 Å². The topological polar surface area (TPSA) is 52.0 Å². The predicted octanol–water partition coefficient (Wildman–Crippen LogP) is 5.02. The zero-order valence-corrected chi connectivity index (χ0v) is 15.7. The van der Waals surface area contributed by atoms with Gasteiger partial charge in [-0.25, -0.2) is 4.68 Å².